The lowest BCUT2D eigenvalue weighted by Gasteiger charge is -2.37. The van der Waals surface area contributed by atoms with Crippen LogP contribution in [0.2, 0.25) is 0 Å². The van der Waals surface area contributed by atoms with Gasteiger partial charge in [-0.2, -0.15) is 0 Å². The molecule has 0 saturated carbocycles. The summed E-state index contributed by atoms with van der Waals surface area (Å²) in [7, 11) is 0. The van der Waals surface area contributed by atoms with Gasteiger partial charge in [-0.3, -0.25) is 4.90 Å². The van der Waals surface area contributed by atoms with Crippen LogP contribution in [-0.4, -0.2) is 59.7 Å². The second kappa shape index (κ2) is 6.36. The number of hydrogen-bond donors (Lipinski definition) is 1. The van der Waals surface area contributed by atoms with E-state index in [1.54, 1.807) is 0 Å². The fourth-order valence-electron chi connectivity index (χ4n) is 4.66. The molecule has 0 amide bonds. The van der Waals surface area contributed by atoms with E-state index in [-0.39, 0.29) is 0 Å². The van der Waals surface area contributed by atoms with Crippen molar-refractivity contribution in [2.24, 2.45) is 5.92 Å². The summed E-state index contributed by atoms with van der Waals surface area (Å²) in [6.07, 6.45) is 5.27. The maximum absolute atomic E-state index is 4.63. The Morgan fingerprint density at radius 2 is 1.78 bits per heavy atom. The molecule has 2 atom stereocenters. The van der Waals surface area contributed by atoms with Crippen molar-refractivity contribution in [3.8, 4) is 0 Å². The summed E-state index contributed by atoms with van der Waals surface area (Å²) >= 11 is 0. The number of aryl methyl sites for hydroxylation is 2. The lowest BCUT2D eigenvalue weighted by molar-refractivity contribution is 0.199. The monoisotopic (exact) mass is 315 g/mol. The van der Waals surface area contributed by atoms with Crippen LogP contribution in [0.3, 0.4) is 0 Å². The van der Waals surface area contributed by atoms with Crippen molar-refractivity contribution in [3.05, 3.63) is 17.5 Å². The first-order valence-corrected chi connectivity index (χ1v) is 9.24. The van der Waals surface area contributed by atoms with Gasteiger partial charge in [-0.1, -0.05) is 0 Å². The fourth-order valence-corrected chi connectivity index (χ4v) is 4.66. The predicted octanol–water partition coefficient (Wildman–Crippen LogP) is 1.75. The minimum absolute atomic E-state index is 0.754. The molecule has 0 aromatic carbocycles. The predicted molar refractivity (Wildman–Crippen MR) is 92.8 cm³/mol. The summed E-state index contributed by atoms with van der Waals surface area (Å²) in [5, 5.41) is 3.73. The van der Waals surface area contributed by atoms with Crippen LogP contribution < -0.4 is 10.2 Å². The van der Waals surface area contributed by atoms with Gasteiger partial charge in [0, 0.05) is 49.7 Å². The molecule has 5 nitrogen and oxygen atoms in total. The van der Waals surface area contributed by atoms with Crippen LogP contribution in [0.25, 0.3) is 0 Å². The molecule has 23 heavy (non-hydrogen) atoms. The first-order chi connectivity index (χ1) is 11.2. The molecular formula is C18H29N5. The van der Waals surface area contributed by atoms with Crippen LogP contribution in [0.1, 0.15) is 37.1 Å². The summed E-state index contributed by atoms with van der Waals surface area (Å²) in [6.45, 7) is 10.1. The topological polar surface area (TPSA) is 44.3 Å². The summed E-state index contributed by atoms with van der Waals surface area (Å²) < 4.78 is 0. The molecule has 126 valence electrons. The van der Waals surface area contributed by atoms with Crippen molar-refractivity contribution in [1.29, 1.82) is 0 Å². The molecule has 0 radical (unpaired) electrons. The van der Waals surface area contributed by atoms with Gasteiger partial charge in [0.05, 0.1) is 0 Å². The number of anilines is 1. The van der Waals surface area contributed by atoms with Crippen molar-refractivity contribution in [3.63, 3.8) is 0 Å². The molecule has 1 aromatic heterocycles. The number of hydrogen-bond acceptors (Lipinski definition) is 5. The lowest BCUT2D eigenvalue weighted by atomic mass is 9.94. The van der Waals surface area contributed by atoms with E-state index in [2.05, 4.69) is 45.0 Å². The van der Waals surface area contributed by atoms with Gasteiger partial charge >= 0.3 is 0 Å². The molecule has 3 aliphatic heterocycles. The first-order valence-electron chi connectivity index (χ1n) is 9.24. The van der Waals surface area contributed by atoms with Gasteiger partial charge in [-0.15, -0.1) is 0 Å². The van der Waals surface area contributed by atoms with Crippen LogP contribution in [0.5, 0.6) is 0 Å². The van der Waals surface area contributed by atoms with Crippen LogP contribution >= 0.6 is 0 Å². The number of aromatic nitrogens is 2. The maximum atomic E-state index is 4.63. The molecule has 0 aliphatic carbocycles. The highest BCUT2D eigenvalue weighted by atomic mass is 15.3. The second-order valence-corrected chi connectivity index (χ2v) is 7.59. The Bertz CT molecular complexity index is 518. The Balaban J connectivity index is 1.36. The molecule has 3 aliphatic rings. The molecule has 5 heteroatoms. The average Bonchev–Trinajstić information content (AvgIpc) is 2.98. The quantitative estimate of drug-likeness (QED) is 0.901. The first kappa shape index (κ1) is 15.3. The fraction of sp³-hybridized carbons (Fsp3) is 0.778. The third-order valence-corrected chi connectivity index (χ3v) is 5.86. The number of fused-ring (bicyclic) bond motifs is 1. The Hall–Kier alpha value is -1.20. The SMILES string of the molecule is Cc1cc(C)nc(N2CCC(N3C[C@H]4CCCN[C@H]4C3)CC2)n1. The number of likely N-dealkylation sites (tertiary alicyclic amines) is 1. The molecule has 4 heterocycles. The summed E-state index contributed by atoms with van der Waals surface area (Å²) in [5.41, 5.74) is 2.15. The van der Waals surface area contributed by atoms with Crippen LogP contribution in [0.4, 0.5) is 5.95 Å². The number of nitrogens with zero attached hydrogens (tertiary/aromatic N) is 4. The van der Waals surface area contributed by atoms with E-state index in [9.17, 15) is 0 Å². The highest BCUT2D eigenvalue weighted by molar-refractivity contribution is 5.32. The molecular weight excluding hydrogens is 286 g/mol. The summed E-state index contributed by atoms with van der Waals surface area (Å²) in [4.78, 5) is 14.4. The second-order valence-electron chi connectivity index (χ2n) is 7.59. The van der Waals surface area contributed by atoms with Crippen molar-refractivity contribution in [1.82, 2.24) is 20.2 Å². The molecule has 0 spiro atoms. The van der Waals surface area contributed by atoms with Gasteiger partial charge < -0.3 is 10.2 Å². The van der Waals surface area contributed by atoms with Gasteiger partial charge in [0.15, 0.2) is 0 Å². The zero-order valence-electron chi connectivity index (χ0n) is 14.5. The number of rotatable bonds is 2. The van der Waals surface area contributed by atoms with Crippen molar-refractivity contribution in [2.75, 3.05) is 37.6 Å². The Labute approximate surface area is 139 Å². The van der Waals surface area contributed by atoms with E-state index in [0.29, 0.717) is 0 Å². The van der Waals surface area contributed by atoms with Gasteiger partial charge in [0.1, 0.15) is 0 Å². The maximum Gasteiger partial charge on any atom is 0.225 e. The Morgan fingerprint density at radius 1 is 1.04 bits per heavy atom. The van der Waals surface area contributed by atoms with E-state index in [4.69, 9.17) is 0 Å². The van der Waals surface area contributed by atoms with Gasteiger partial charge in [-0.05, 0) is 58.1 Å². The molecule has 3 saturated heterocycles. The summed E-state index contributed by atoms with van der Waals surface area (Å²) in [6, 6.07) is 3.56. The van der Waals surface area contributed by atoms with Crippen molar-refractivity contribution >= 4 is 5.95 Å². The normalized spacial score (nSPS) is 29.7. The third kappa shape index (κ3) is 3.22. The Morgan fingerprint density at radius 3 is 2.48 bits per heavy atom. The number of nitrogens with one attached hydrogen (secondary N) is 1. The van der Waals surface area contributed by atoms with E-state index in [0.717, 1.165) is 48.4 Å². The molecule has 4 rings (SSSR count). The van der Waals surface area contributed by atoms with Crippen molar-refractivity contribution in [2.45, 2.75) is 51.6 Å². The minimum Gasteiger partial charge on any atom is -0.341 e. The van der Waals surface area contributed by atoms with E-state index < -0.39 is 0 Å². The van der Waals surface area contributed by atoms with E-state index in [1.807, 2.05) is 0 Å². The summed E-state index contributed by atoms with van der Waals surface area (Å²) in [5.74, 6) is 1.82. The van der Waals surface area contributed by atoms with Crippen LogP contribution in [-0.2, 0) is 0 Å². The molecule has 1 N–H and O–H groups in total. The average molecular weight is 315 g/mol. The minimum atomic E-state index is 0.754. The van der Waals surface area contributed by atoms with Gasteiger partial charge in [0.25, 0.3) is 0 Å². The molecule has 0 bridgehead atoms. The smallest absolute Gasteiger partial charge is 0.225 e. The zero-order valence-corrected chi connectivity index (χ0v) is 14.5. The van der Waals surface area contributed by atoms with Crippen LogP contribution in [0, 0.1) is 19.8 Å². The number of piperidine rings is 2. The Kier molecular flexibility index (Phi) is 4.24. The van der Waals surface area contributed by atoms with Gasteiger partial charge in [0.2, 0.25) is 5.95 Å². The zero-order chi connectivity index (χ0) is 15.8. The largest absolute Gasteiger partial charge is 0.341 e. The molecule has 1 aromatic rings. The van der Waals surface area contributed by atoms with Gasteiger partial charge in [-0.25, -0.2) is 9.97 Å². The lowest BCUT2D eigenvalue weighted by Crippen LogP contribution is -2.45. The van der Waals surface area contributed by atoms with E-state index >= 15 is 0 Å². The standard InChI is InChI=1S/C18H29N5/c1-13-10-14(2)21-18(20-13)22-8-5-16(6-9-22)23-11-15-4-3-7-19-17(15)12-23/h10,15-17,19H,3-9,11-12H2,1-2H3/t15-,17+/m1/s1. The molecule has 0 unspecified atom stereocenters. The highest BCUT2D eigenvalue weighted by Gasteiger charge is 2.38. The van der Waals surface area contributed by atoms with Crippen LogP contribution in [0.15, 0.2) is 6.07 Å². The third-order valence-electron chi connectivity index (χ3n) is 5.86. The van der Waals surface area contributed by atoms with Crippen molar-refractivity contribution < 1.29 is 0 Å². The van der Waals surface area contributed by atoms with E-state index in [1.165, 1.54) is 45.3 Å². The molecule has 3 fully saturated rings. The highest BCUT2D eigenvalue weighted by Crippen LogP contribution is 2.29.